The second-order valence-corrected chi connectivity index (χ2v) is 8.46. The first kappa shape index (κ1) is 17.3. The van der Waals surface area contributed by atoms with Crippen LogP contribution in [0.15, 0.2) is 46.8 Å². The molecule has 2 aromatic rings. The summed E-state index contributed by atoms with van der Waals surface area (Å²) in [6, 6.07) is 11.6. The highest BCUT2D eigenvalue weighted by molar-refractivity contribution is 8.14. The number of nitrogens with one attached hydrogen (secondary N) is 1. The minimum atomic E-state index is -0.425. The molecule has 1 saturated heterocycles. The minimum Gasteiger partial charge on any atom is -0.305 e. The summed E-state index contributed by atoms with van der Waals surface area (Å²) in [5.74, 6) is 0.322. The number of carbonyl (C=O) groups excluding carboxylic acids is 2. The molecule has 3 heterocycles. The molecule has 0 aliphatic carbocycles. The van der Waals surface area contributed by atoms with E-state index in [1.54, 1.807) is 28.0 Å². The molecule has 1 fully saturated rings. The molecule has 1 aromatic carbocycles. The smallest absolute Gasteiger partial charge is 0.232 e. The van der Waals surface area contributed by atoms with Crippen molar-refractivity contribution in [2.75, 3.05) is 17.2 Å². The Kier molecular flexibility index (Phi) is 4.82. The first-order chi connectivity index (χ1) is 12.6. The lowest BCUT2D eigenvalue weighted by Crippen LogP contribution is -2.37. The molecule has 2 aliphatic rings. The molecule has 0 spiro atoms. The lowest BCUT2D eigenvalue weighted by atomic mass is 9.97. The van der Waals surface area contributed by atoms with Gasteiger partial charge in [0.2, 0.25) is 11.8 Å². The maximum atomic E-state index is 12.9. The normalized spacial score (nSPS) is 22.6. The van der Waals surface area contributed by atoms with E-state index in [9.17, 15) is 9.59 Å². The van der Waals surface area contributed by atoms with Gasteiger partial charge in [-0.25, -0.2) is 0 Å². The summed E-state index contributed by atoms with van der Waals surface area (Å²) < 4.78 is 0. The van der Waals surface area contributed by atoms with Crippen molar-refractivity contribution >= 4 is 45.8 Å². The van der Waals surface area contributed by atoms with E-state index in [0.717, 1.165) is 28.4 Å². The Bertz CT molecular complexity index is 846. The zero-order valence-electron chi connectivity index (χ0n) is 14.3. The van der Waals surface area contributed by atoms with E-state index in [0.29, 0.717) is 5.17 Å². The molecule has 2 aliphatic heterocycles. The quantitative estimate of drug-likeness (QED) is 0.881. The molecular formula is C19H19N3O2S2. The Morgan fingerprint density at radius 2 is 2.08 bits per heavy atom. The minimum absolute atomic E-state index is 0.0200. The van der Waals surface area contributed by atoms with Gasteiger partial charge in [-0.05, 0) is 30.5 Å². The fourth-order valence-electron chi connectivity index (χ4n) is 3.37. The fraction of sp³-hybridized carbons (Fsp3) is 0.316. The maximum Gasteiger partial charge on any atom is 0.232 e. The monoisotopic (exact) mass is 385 g/mol. The summed E-state index contributed by atoms with van der Waals surface area (Å²) in [6.07, 6.45) is 0.209. The summed E-state index contributed by atoms with van der Waals surface area (Å²) in [5.41, 5.74) is 1.97. The van der Waals surface area contributed by atoms with Gasteiger partial charge in [0.05, 0.1) is 18.5 Å². The number of amidine groups is 1. The molecule has 0 radical (unpaired) electrons. The van der Waals surface area contributed by atoms with Gasteiger partial charge in [0.15, 0.2) is 5.17 Å². The molecule has 26 heavy (non-hydrogen) atoms. The molecule has 4 rings (SSSR count). The average molecular weight is 386 g/mol. The average Bonchev–Trinajstić information content (AvgIpc) is 3.36. The van der Waals surface area contributed by atoms with Gasteiger partial charge in [-0.2, -0.15) is 0 Å². The number of carbonyl (C=O) groups is 2. The van der Waals surface area contributed by atoms with Crippen LogP contribution in [-0.2, 0) is 9.59 Å². The van der Waals surface area contributed by atoms with E-state index < -0.39 is 5.92 Å². The van der Waals surface area contributed by atoms with Crippen LogP contribution in [0.25, 0.3) is 0 Å². The van der Waals surface area contributed by atoms with Crippen LogP contribution in [0.3, 0.4) is 0 Å². The van der Waals surface area contributed by atoms with Crippen LogP contribution in [-0.4, -0.2) is 29.3 Å². The van der Waals surface area contributed by atoms with Crippen LogP contribution in [0.4, 0.5) is 5.69 Å². The highest BCUT2D eigenvalue weighted by Gasteiger charge is 2.46. The van der Waals surface area contributed by atoms with Crippen LogP contribution < -0.4 is 10.2 Å². The lowest BCUT2D eigenvalue weighted by molar-refractivity contribution is -0.125. The molecule has 1 aromatic heterocycles. The van der Waals surface area contributed by atoms with Gasteiger partial charge in [-0.3, -0.25) is 14.6 Å². The van der Waals surface area contributed by atoms with Gasteiger partial charge in [-0.15, -0.1) is 11.3 Å². The van der Waals surface area contributed by atoms with Gasteiger partial charge in [0, 0.05) is 22.7 Å². The largest absolute Gasteiger partial charge is 0.305 e. The van der Waals surface area contributed by atoms with Crippen LogP contribution >= 0.6 is 23.1 Å². The molecule has 5 nitrogen and oxygen atoms in total. The standard InChI is InChI=1S/C19H19N3O2S2/c1-12-4-6-13(7-5-12)22-16(23)11-14(17(22)15-3-2-9-25-15)18(24)21-19-20-8-10-26-19/h2-7,9,14,17H,8,10-11H2,1H3,(H,20,21,24)/t14-,17-/m0/s1. The topological polar surface area (TPSA) is 61.8 Å². The third-order valence-electron chi connectivity index (χ3n) is 4.62. The van der Waals surface area contributed by atoms with E-state index in [1.165, 1.54) is 0 Å². The van der Waals surface area contributed by atoms with Crippen molar-refractivity contribution in [1.82, 2.24) is 5.32 Å². The Labute approximate surface area is 160 Å². The molecule has 0 unspecified atom stereocenters. The van der Waals surface area contributed by atoms with Crippen molar-refractivity contribution in [1.29, 1.82) is 0 Å². The second-order valence-electron chi connectivity index (χ2n) is 6.39. The molecule has 2 amide bonds. The number of benzene rings is 1. The summed E-state index contributed by atoms with van der Waals surface area (Å²) in [4.78, 5) is 32.8. The Morgan fingerprint density at radius 3 is 2.73 bits per heavy atom. The summed E-state index contributed by atoms with van der Waals surface area (Å²) in [7, 11) is 0. The van der Waals surface area contributed by atoms with E-state index in [1.807, 2.05) is 48.7 Å². The first-order valence-corrected chi connectivity index (χ1v) is 10.4. The summed E-state index contributed by atoms with van der Waals surface area (Å²) in [5, 5.41) is 5.57. The number of thiophene rings is 1. The van der Waals surface area contributed by atoms with Crippen molar-refractivity contribution in [3.05, 3.63) is 52.2 Å². The Hall–Kier alpha value is -2.12. The molecule has 2 atom stereocenters. The van der Waals surface area contributed by atoms with Gasteiger partial charge < -0.3 is 10.2 Å². The van der Waals surface area contributed by atoms with Crippen LogP contribution in [0.5, 0.6) is 0 Å². The van der Waals surface area contributed by atoms with E-state index in [-0.39, 0.29) is 24.3 Å². The van der Waals surface area contributed by atoms with Crippen LogP contribution in [0, 0.1) is 12.8 Å². The fourth-order valence-corrected chi connectivity index (χ4v) is 4.98. The van der Waals surface area contributed by atoms with E-state index >= 15 is 0 Å². The van der Waals surface area contributed by atoms with Gasteiger partial charge >= 0.3 is 0 Å². The van der Waals surface area contributed by atoms with Crippen molar-refractivity contribution in [2.45, 2.75) is 19.4 Å². The number of aliphatic imine (C=N–C) groups is 1. The molecule has 1 N–H and O–H groups in total. The Balaban J connectivity index is 1.67. The number of nitrogens with zero attached hydrogens (tertiary/aromatic N) is 2. The SMILES string of the molecule is Cc1ccc(N2C(=O)C[C@H](C(=O)NC3=NCCS3)[C@H]2c2cccs2)cc1. The number of hydrogen-bond acceptors (Lipinski definition) is 5. The molecule has 7 heteroatoms. The van der Waals surface area contributed by atoms with E-state index in [4.69, 9.17) is 0 Å². The second kappa shape index (κ2) is 7.25. The number of amides is 2. The van der Waals surface area contributed by atoms with E-state index in [2.05, 4.69) is 10.3 Å². The number of hydrogen-bond donors (Lipinski definition) is 1. The van der Waals surface area contributed by atoms with Gasteiger partial charge in [0.1, 0.15) is 0 Å². The predicted molar refractivity (Wildman–Crippen MR) is 107 cm³/mol. The highest BCUT2D eigenvalue weighted by Crippen LogP contribution is 2.43. The zero-order valence-corrected chi connectivity index (χ0v) is 16.0. The highest BCUT2D eigenvalue weighted by atomic mass is 32.2. The zero-order chi connectivity index (χ0) is 18.1. The first-order valence-electron chi connectivity index (χ1n) is 8.54. The van der Waals surface area contributed by atoms with Crippen molar-refractivity contribution in [3.63, 3.8) is 0 Å². The molecule has 0 saturated carbocycles. The van der Waals surface area contributed by atoms with Gasteiger partial charge in [-0.1, -0.05) is 35.5 Å². The third kappa shape index (κ3) is 3.29. The van der Waals surface area contributed by atoms with Crippen molar-refractivity contribution < 1.29 is 9.59 Å². The molecular weight excluding hydrogens is 366 g/mol. The summed E-state index contributed by atoms with van der Waals surface area (Å²) >= 11 is 3.13. The lowest BCUT2D eigenvalue weighted by Gasteiger charge is -2.27. The summed E-state index contributed by atoms with van der Waals surface area (Å²) in [6.45, 7) is 2.75. The van der Waals surface area contributed by atoms with Gasteiger partial charge in [0.25, 0.3) is 0 Å². The Morgan fingerprint density at radius 1 is 1.27 bits per heavy atom. The number of aryl methyl sites for hydroxylation is 1. The molecule has 0 bridgehead atoms. The van der Waals surface area contributed by atoms with Crippen LogP contribution in [0.1, 0.15) is 22.9 Å². The molecule has 134 valence electrons. The third-order valence-corrected chi connectivity index (χ3v) is 6.46. The van der Waals surface area contributed by atoms with Crippen molar-refractivity contribution in [2.24, 2.45) is 10.9 Å². The number of thioether (sulfide) groups is 1. The number of anilines is 1. The maximum absolute atomic E-state index is 12.9. The number of rotatable bonds is 3. The van der Waals surface area contributed by atoms with Crippen molar-refractivity contribution in [3.8, 4) is 0 Å². The predicted octanol–water partition coefficient (Wildman–Crippen LogP) is 3.37. The van der Waals surface area contributed by atoms with Crippen LogP contribution in [0.2, 0.25) is 0 Å².